The maximum Gasteiger partial charge on any atom is 0.416 e. The van der Waals surface area contributed by atoms with E-state index >= 15 is 0 Å². The molecule has 3 aliphatic rings. The Labute approximate surface area is 160 Å². The molecule has 0 saturated heterocycles. The number of hydrogen-bond acceptors (Lipinski definition) is 6. The van der Waals surface area contributed by atoms with Crippen LogP contribution >= 0.6 is 0 Å². The molecule has 1 fully saturated rings. The van der Waals surface area contributed by atoms with Crippen LogP contribution < -0.4 is 11.1 Å². The second-order valence-corrected chi connectivity index (χ2v) is 6.84. The summed E-state index contributed by atoms with van der Waals surface area (Å²) < 4.78 is 80.5. The van der Waals surface area contributed by atoms with Crippen molar-refractivity contribution in [2.75, 3.05) is 0 Å². The average molecular weight is 414 g/mol. The molecule has 152 valence electrons. The Morgan fingerprint density at radius 3 is 2.17 bits per heavy atom. The minimum absolute atomic E-state index is 0.0272. The number of hydrogen-bond donors (Lipinski definition) is 2. The summed E-state index contributed by atoms with van der Waals surface area (Å²) >= 11 is 0. The van der Waals surface area contributed by atoms with E-state index in [2.05, 4.69) is 15.4 Å². The average Bonchev–Trinajstić information content (AvgIpc) is 3.37. The largest absolute Gasteiger partial charge is 0.416 e. The number of nitrogens with one attached hydrogen (secondary N) is 1. The molecule has 29 heavy (non-hydrogen) atoms. The van der Waals surface area contributed by atoms with E-state index in [-0.39, 0.29) is 29.0 Å². The summed E-state index contributed by atoms with van der Waals surface area (Å²) in [7, 11) is 0. The number of nitriles is 1. The lowest BCUT2D eigenvalue weighted by atomic mass is 9.76. The maximum atomic E-state index is 13.4. The van der Waals surface area contributed by atoms with E-state index in [0.29, 0.717) is 25.0 Å². The zero-order valence-electron chi connectivity index (χ0n) is 14.4. The van der Waals surface area contributed by atoms with Crippen LogP contribution in [0.5, 0.6) is 0 Å². The van der Waals surface area contributed by atoms with Crippen LogP contribution in [0, 0.1) is 17.2 Å². The van der Waals surface area contributed by atoms with Gasteiger partial charge in [0.1, 0.15) is 29.3 Å². The Balaban J connectivity index is 2.06. The van der Waals surface area contributed by atoms with Crippen LogP contribution in [-0.2, 0) is 17.9 Å². The first-order valence-corrected chi connectivity index (χ1v) is 8.37. The zero-order chi connectivity index (χ0) is 21.2. The number of benzene rings is 1. The molecular formula is C17H12F6N6. The highest BCUT2D eigenvalue weighted by Gasteiger charge is 2.59. The third kappa shape index (κ3) is 2.80. The van der Waals surface area contributed by atoms with Gasteiger partial charge in [0.15, 0.2) is 0 Å². The third-order valence-electron chi connectivity index (χ3n) is 5.07. The molecule has 0 amide bonds. The minimum Gasteiger partial charge on any atom is -0.383 e. The van der Waals surface area contributed by atoms with Crippen LogP contribution in [0.3, 0.4) is 0 Å². The predicted octanol–water partition coefficient (Wildman–Crippen LogP) is 3.24. The highest BCUT2D eigenvalue weighted by molar-refractivity contribution is 5.96. The van der Waals surface area contributed by atoms with Crippen molar-refractivity contribution in [2.24, 2.45) is 21.7 Å². The fourth-order valence-corrected chi connectivity index (χ4v) is 3.77. The normalized spacial score (nSPS) is 24.2. The topological polar surface area (TPSA) is 89.8 Å². The molecule has 1 saturated carbocycles. The lowest BCUT2D eigenvalue weighted by Crippen LogP contribution is -2.53. The van der Waals surface area contributed by atoms with Gasteiger partial charge in [0.05, 0.1) is 11.1 Å². The van der Waals surface area contributed by atoms with E-state index in [1.807, 2.05) is 6.07 Å². The molecule has 1 aromatic rings. The Kier molecular flexibility index (Phi) is 3.88. The fraction of sp³-hybridized carbons (Fsp3) is 0.353. The quantitative estimate of drug-likeness (QED) is 0.728. The van der Waals surface area contributed by atoms with Crippen molar-refractivity contribution in [3.05, 3.63) is 46.3 Å². The third-order valence-corrected chi connectivity index (χ3v) is 5.07. The van der Waals surface area contributed by atoms with Gasteiger partial charge < -0.3 is 11.1 Å². The standard InChI is InChI=1S/C17H12F6N6/c18-16(19,20)10-3-9(4-11(5-10)17(21,22)23)15(8-1-2-8)12(6-24)13(25)28-14-26-7-27-29(14)15/h3-5,7-8H,1-2,25H2,(H,26,27,28). The van der Waals surface area contributed by atoms with Gasteiger partial charge in [0, 0.05) is 0 Å². The molecule has 0 spiro atoms. The number of rotatable bonds is 2. The number of nitrogens with zero attached hydrogens (tertiary/aromatic N) is 4. The molecule has 12 heteroatoms. The fourth-order valence-electron chi connectivity index (χ4n) is 3.77. The van der Waals surface area contributed by atoms with E-state index < -0.39 is 34.9 Å². The van der Waals surface area contributed by atoms with Crippen LogP contribution in [0.1, 0.15) is 29.5 Å². The molecule has 0 bridgehead atoms. The zero-order valence-corrected chi connectivity index (χ0v) is 14.4. The predicted molar refractivity (Wildman–Crippen MR) is 88.6 cm³/mol. The maximum absolute atomic E-state index is 13.4. The van der Waals surface area contributed by atoms with E-state index in [1.54, 1.807) is 0 Å². The first-order chi connectivity index (χ1) is 13.5. The molecule has 1 unspecified atom stereocenters. The van der Waals surface area contributed by atoms with Gasteiger partial charge in [0.25, 0.3) is 0 Å². The molecule has 4 rings (SSSR count). The van der Waals surface area contributed by atoms with Gasteiger partial charge in [-0.3, -0.25) is 0 Å². The molecular weight excluding hydrogens is 402 g/mol. The Morgan fingerprint density at radius 1 is 1.10 bits per heavy atom. The number of hydrazone groups is 1. The van der Waals surface area contributed by atoms with Gasteiger partial charge in [-0.15, -0.1) is 0 Å². The minimum atomic E-state index is -5.03. The molecule has 1 aliphatic carbocycles. The molecule has 3 N–H and O–H groups in total. The Bertz CT molecular complexity index is 978. The number of fused-ring (bicyclic) bond motifs is 1. The van der Waals surface area contributed by atoms with Crippen molar-refractivity contribution in [1.82, 2.24) is 10.3 Å². The Morgan fingerprint density at radius 2 is 1.69 bits per heavy atom. The molecule has 0 aromatic heterocycles. The number of alkyl halides is 6. The molecule has 2 heterocycles. The number of guanidine groups is 1. The summed E-state index contributed by atoms with van der Waals surface area (Å²) in [5, 5.41) is 17.5. The van der Waals surface area contributed by atoms with Crippen molar-refractivity contribution >= 4 is 12.3 Å². The number of aliphatic imine (C=N–C) groups is 1. The second-order valence-electron chi connectivity index (χ2n) is 6.84. The summed E-state index contributed by atoms with van der Waals surface area (Å²) in [4.78, 5) is 3.97. The van der Waals surface area contributed by atoms with Crippen LogP contribution in [0.15, 0.2) is 39.7 Å². The summed E-state index contributed by atoms with van der Waals surface area (Å²) in [6.07, 6.45) is -7.94. The van der Waals surface area contributed by atoms with Crippen LogP contribution in [-0.4, -0.2) is 17.3 Å². The molecule has 6 nitrogen and oxygen atoms in total. The van der Waals surface area contributed by atoms with Crippen LogP contribution in [0.2, 0.25) is 0 Å². The summed E-state index contributed by atoms with van der Waals surface area (Å²) in [5.41, 5.74) is 0.598. The van der Waals surface area contributed by atoms with E-state index in [0.717, 1.165) is 5.01 Å². The molecule has 1 atom stereocenters. The van der Waals surface area contributed by atoms with Gasteiger partial charge >= 0.3 is 12.4 Å². The van der Waals surface area contributed by atoms with Gasteiger partial charge in [-0.05, 0) is 42.5 Å². The van der Waals surface area contributed by atoms with Crippen molar-refractivity contribution in [3.63, 3.8) is 0 Å². The van der Waals surface area contributed by atoms with Crippen molar-refractivity contribution in [2.45, 2.75) is 30.7 Å². The van der Waals surface area contributed by atoms with Crippen LogP contribution in [0.4, 0.5) is 26.3 Å². The lowest BCUT2D eigenvalue weighted by Gasteiger charge is -2.43. The SMILES string of the molecule is N#CC1=C(N)N=C2NC=NN2C1(c1cc(C(F)(F)F)cc(C(F)(F)F)c1)C1CC1. The van der Waals surface area contributed by atoms with Crippen molar-refractivity contribution in [3.8, 4) is 6.07 Å². The highest BCUT2D eigenvalue weighted by Crippen LogP contribution is 2.56. The lowest BCUT2D eigenvalue weighted by molar-refractivity contribution is -0.143. The van der Waals surface area contributed by atoms with Gasteiger partial charge in [-0.1, -0.05) is 0 Å². The van der Waals surface area contributed by atoms with Gasteiger partial charge in [-0.2, -0.15) is 41.7 Å². The second kappa shape index (κ2) is 5.88. The monoisotopic (exact) mass is 414 g/mol. The molecule has 2 aliphatic heterocycles. The van der Waals surface area contributed by atoms with Crippen molar-refractivity contribution < 1.29 is 26.3 Å². The number of halogens is 6. The van der Waals surface area contributed by atoms with Crippen molar-refractivity contribution in [1.29, 1.82) is 5.26 Å². The summed E-state index contributed by atoms with van der Waals surface area (Å²) in [5.74, 6) is -0.725. The first kappa shape index (κ1) is 19.1. The van der Waals surface area contributed by atoms with E-state index in [4.69, 9.17) is 5.73 Å². The van der Waals surface area contributed by atoms with Gasteiger partial charge in [-0.25, -0.2) is 5.01 Å². The highest BCUT2D eigenvalue weighted by atomic mass is 19.4. The summed E-state index contributed by atoms with van der Waals surface area (Å²) in [6, 6.07) is 3.12. The van der Waals surface area contributed by atoms with E-state index in [1.165, 1.54) is 6.34 Å². The van der Waals surface area contributed by atoms with Gasteiger partial charge in [0.2, 0.25) is 5.96 Å². The molecule has 0 radical (unpaired) electrons. The van der Waals surface area contributed by atoms with Crippen LogP contribution in [0.25, 0.3) is 0 Å². The van der Waals surface area contributed by atoms with E-state index in [9.17, 15) is 31.6 Å². The first-order valence-electron chi connectivity index (χ1n) is 8.37. The summed E-state index contributed by atoms with van der Waals surface area (Å²) in [6.45, 7) is 0. The molecule has 1 aromatic carbocycles. The number of nitrogens with two attached hydrogens (primary N) is 1. The Hall–Kier alpha value is -3.23. The smallest absolute Gasteiger partial charge is 0.383 e.